The summed E-state index contributed by atoms with van der Waals surface area (Å²) in [6.45, 7) is 6.03. The first-order chi connectivity index (χ1) is 19.7. The van der Waals surface area contributed by atoms with Crippen LogP contribution in [0.2, 0.25) is 10.0 Å². The van der Waals surface area contributed by atoms with Crippen LogP contribution in [0.4, 0.5) is 10.5 Å². The van der Waals surface area contributed by atoms with Crippen molar-refractivity contribution in [3.63, 3.8) is 0 Å². The van der Waals surface area contributed by atoms with E-state index in [9.17, 15) is 9.59 Å². The Bertz CT molecular complexity index is 1330. The van der Waals surface area contributed by atoms with Gasteiger partial charge in [0.2, 0.25) is 0 Å². The summed E-state index contributed by atoms with van der Waals surface area (Å²) in [4.78, 5) is 32.2. The maximum atomic E-state index is 13.3. The van der Waals surface area contributed by atoms with E-state index in [2.05, 4.69) is 29.3 Å². The molecule has 0 saturated carbocycles. The van der Waals surface area contributed by atoms with E-state index < -0.39 is 5.54 Å². The van der Waals surface area contributed by atoms with Gasteiger partial charge in [-0.25, -0.2) is 4.79 Å². The number of halogens is 2. The number of unbranched alkanes of at least 4 members (excludes halogenated alkanes) is 1. The van der Waals surface area contributed by atoms with E-state index in [4.69, 9.17) is 23.2 Å². The van der Waals surface area contributed by atoms with Crippen LogP contribution >= 0.6 is 23.2 Å². The fourth-order valence-electron chi connectivity index (χ4n) is 5.81. The molecule has 0 spiro atoms. The average molecular weight is 596 g/mol. The van der Waals surface area contributed by atoms with Gasteiger partial charge in [-0.2, -0.15) is 0 Å². The molecule has 2 atom stereocenters. The number of hydrogen-bond acceptors (Lipinski definition) is 3. The number of urea groups is 1. The van der Waals surface area contributed by atoms with Crippen molar-refractivity contribution in [2.24, 2.45) is 0 Å². The van der Waals surface area contributed by atoms with E-state index in [0.717, 1.165) is 42.6 Å². The zero-order valence-corrected chi connectivity index (χ0v) is 25.9. The van der Waals surface area contributed by atoms with Crippen molar-refractivity contribution in [2.45, 2.75) is 51.1 Å². The number of nitrogens with one attached hydrogen (secondary N) is 1. The number of benzene rings is 3. The summed E-state index contributed by atoms with van der Waals surface area (Å²) < 4.78 is 0. The number of carbonyl (C=O) groups is 2. The Morgan fingerprint density at radius 2 is 1.68 bits per heavy atom. The molecular formula is C33H40Cl2N4O2. The first-order valence-corrected chi connectivity index (χ1v) is 15.1. The van der Waals surface area contributed by atoms with Crippen molar-refractivity contribution in [1.82, 2.24) is 15.1 Å². The molecule has 3 aromatic carbocycles. The molecule has 1 saturated heterocycles. The minimum Gasteiger partial charge on any atom is -0.364 e. The largest absolute Gasteiger partial charge is 0.364 e. The maximum absolute atomic E-state index is 13.3. The minimum absolute atomic E-state index is 0.0244. The third-order valence-electron chi connectivity index (χ3n) is 8.23. The van der Waals surface area contributed by atoms with Crippen molar-refractivity contribution in [3.05, 3.63) is 99.5 Å². The zero-order valence-electron chi connectivity index (χ0n) is 24.4. The van der Waals surface area contributed by atoms with Crippen LogP contribution in [0.15, 0.2) is 72.8 Å². The first-order valence-electron chi connectivity index (χ1n) is 14.4. The molecule has 41 heavy (non-hydrogen) atoms. The van der Waals surface area contributed by atoms with E-state index >= 15 is 0 Å². The smallest absolute Gasteiger partial charge is 0.317 e. The molecular weight excluding hydrogens is 555 g/mol. The zero-order chi connectivity index (χ0) is 29.6. The Hall–Kier alpha value is -3.22. The standard InChI is InChI=1S/C33H40Cl2N4O2/c1-5-7-20-37(3)31(40)24-13-16-27(17-14-24)39-21-19-33(26-11-9-8-10-12-26,38(4)32(41)36-6-2)23-30(39)25-15-18-28(34)29(35)22-25/h8-18,22,30H,5-7,19-21,23H2,1-4H3,(H,36,41). The number of hydrogen-bond donors (Lipinski definition) is 1. The van der Waals surface area contributed by atoms with Crippen molar-refractivity contribution >= 4 is 40.8 Å². The summed E-state index contributed by atoms with van der Waals surface area (Å²) in [5, 5.41) is 3.98. The van der Waals surface area contributed by atoms with Crippen LogP contribution in [-0.4, -0.2) is 55.5 Å². The van der Waals surface area contributed by atoms with Gasteiger partial charge < -0.3 is 20.0 Å². The monoisotopic (exact) mass is 594 g/mol. The Balaban J connectivity index is 1.74. The highest BCUT2D eigenvalue weighted by Gasteiger charge is 2.46. The number of amides is 3. The molecule has 8 heteroatoms. The molecule has 0 aliphatic carbocycles. The van der Waals surface area contributed by atoms with Crippen LogP contribution in [0, 0.1) is 0 Å². The lowest BCUT2D eigenvalue weighted by Gasteiger charge is -2.52. The molecule has 1 fully saturated rings. The average Bonchev–Trinajstić information content (AvgIpc) is 3.00. The lowest BCUT2D eigenvalue weighted by molar-refractivity contribution is 0.0793. The Labute approximate surface area is 254 Å². The van der Waals surface area contributed by atoms with E-state index in [-0.39, 0.29) is 18.0 Å². The second-order valence-corrected chi connectivity index (χ2v) is 11.6. The van der Waals surface area contributed by atoms with Gasteiger partial charge in [0.1, 0.15) is 0 Å². The molecule has 1 heterocycles. The van der Waals surface area contributed by atoms with Gasteiger partial charge in [0.25, 0.3) is 5.91 Å². The van der Waals surface area contributed by atoms with Crippen LogP contribution in [0.3, 0.4) is 0 Å². The van der Waals surface area contributed by atoms with Gasteiger partial charge in [0.15, 0.2) is 0 Å². The van der Waals surface area contributed by atoms with Gasteiger partial charge in [-0.1, -0.05) is 72.9 Å². The summed E-state index contributed by atoms with van der Waals surface area (Å²) >= 11 is 12.8. The van der Waals surface area contributed by atoms with Gasteiger partial charge in [0.05, 0.1) is 21.6 Å². The van der Waals surface area contributed by atoms with E-state index in [1.165, 1.54) is 0 Å². The summed E-state index contributed by atoms with van der Waals surface area (Å²) in [7, 11) is 3.74. The molecule has 6 nitrogen and oxygen atoms in total. The number of anilines is 1. The maximum Gasteiger partial charge on any atom is 0.317 e. The topological polar surface area (TPSA) is 55.9 Å². The molecule has 2 unspecified atom stereocenters. The lowest BCUT2D eigenvalue weighted by Crippen LogP contribution is -2.56. The minimum atomic E-state index is -0.550. The predicted octanol–water partition coefficient (Wildman–Crippen LogP) is 7.76. The highest BCUT2D eigenvalue weighted by Crippen LogP contribution is 2.48. The fourth-order valence-corrected chi connectivity index (χ4v) is 6.11. The number of piperidine rings is 1. The van der Waals surface area contributed by atoms with Crippen molar-refractivity contribution in [3.8, 4) is 0 Å². The van der Waals surface area contributed by atoms with Crippen molar-refractivity contribution in [2.75, 3.05) is 38.6 Å². The third kappa shape index (κ3) is 6.65. The van der Waals surface area contributed by atoms with Gasteiger partial charge in [-0.05, 0) is 73.7 Å². The van der Waals surface area contributed by atoms with Gasteiger partial charge in [0, 0.05) is 45.0 Å². The van der Waals surface area contributed by atoms with Crippen LogP contribution in [0.1, 0.15) is 67.1 Å². The number of carbonyl (C=O) groups excluding carboxylic acids is 2. The molecule has 0 radical (unpaired) electrons. The fraction of sp³-hybridized carbons (Fsp3) is 0.394. The number of nitrogens with zero attached hydrogens (tertiary/aromatic N) is 3. The Kier molecular flexibility index (Phi) is 10.2. The Morgan fingerprint density at radius 1 is 0.976 bits per heavy atom. The van der Waals surface area contributed by atoms with Crippen molar-refractivity contribution < 1.29 is 9.59 Å². The molecule has 1 aliphatic heterocycles. The van der Waals surface area contributed by atoms with Crippen LogP contribution in [0.5, 0.6) is 0 Å². The molecule has 218 valence electrons. The van der Waals surface area contributed by atoms with Gasteiger partial charge in [-0.3, -0.25) is 4.79 Å². The molecule has 0 aromatic heterocycles. The van der Waals surface area contributed by atoms with E-state index in [1.54, 1.807) is 4.90 Å². The van der Waals surface area contributed by atoms with Crippen LogP contribution in [-0.2, 0) is 5.54 Å². The molecule has 0 bridgehead atoms. The Morgan fingerprint density at radius 3 is 2.32 bits per heavy atom. The third-order valence-corrected chi connectivity index (χ3v) is 8.97. The highest BCUT2D eigenvalue weighted by molar-refractivity contribution is 6.42. The van der Waals surface area contributed by atoms with Crippen LogP contribution in [0.25, 0.3) is 0 Å². The number of rotatable bonds is 9. The summed E-state index contributed by atoms with van der Waals surface area (Å²) in [5.41, 5.74) is 3.24. The van der Waals surface area contributed by atoms with E-state index in [1.807, 2.05) is 86.6 Å². The summed E-state index contributed by atoms with van der Waals surface area (Å²) in [6.07, 6.45) is 3.39. The molecule has 4 rings (SSSR count). The normalized spacial score (nSPS) is 18.6. The van der Waals surface area contributed by atoms with Crippen LogP contribution < -0.4 is 10.2 Å². The second kappa shape index (κ2) is 13.6. The van der Waals surface area contributed by atoms with E-state index in [0.29, 0.717) is 35.1 Å². The second-order valence-electron chi connectivity index (χ2n) is 10.8. The summed E-state index contributed by atoms with van der Waals surface area (Å²) in [5.74, 6) is 0.0244. The molecule has 1 N–H and O–H groups in total. The first kappa shape index (κ1) is 30.7. The lowest BCUT2D eigenvalue weighted by atomic mass is 9.74. The molecule has 3 amide bonds. The SMILES string of the molecule is CCCCN(C)C(=O)c1ccc(N2CCC(c3ccccc3)(N(C)C(=O)NCC)CC2c2ccc(Cl)c(Cl)c2)cc1. The summed E-state index contributed by atoms with van der Waals surface area (Å²) in [6, 6.07) is 23.7. The quantitative estimate of drug-likeness (QED) is 0.275. The van der Waals surface area contributed by atoms with Crippen molar-refractivity contribution in [1.29, 1.82) is 0 Å². The van der Waals surface area contributed by atoms with Gasteiger partial charge in [-0.15, -0.1) is 0 Å². The van der Waals surface area contributed by atoms with Gasteiger partial charge >= 0.3 is 6.03 Å². The predicted molar refractivity (Wildman–Crippen MR) is 169 cm³/mol. The molecule has 1 aliphatic rings. The highest BCUT2D eigenvalue weighted by atomic mass is 35.5. The molecule has 3 aromatic rings.